The number of hydrogen-bond acceptors (Lipinski definition) is 4. The molecule has 1 spiro atoms. The lowest BCUT2D eigenvalue weighted by Crippen LogP contribution is -2.58. The van der Waals surface area contributed by atoms with Gasteiger partial charge in [0, 0.05) is 50.7 Å². The maximum absolute atomic E-state index is 12.2. The first-order chi connectivity index (χ1) is 12.7. The number of aromatic nitrogens is 3. The van der Waals surface area contributed by atoms with Crippen LogP contribution in [-0.4, -0.2) is 63.6 Å². The monoisotopic (exact) mass is 354 g/mol. The van der Waals surface area contributed by atoms with Gasteiger partial charge in [0.05, 0.1) is 17.4 Å². The molecule has 2 aliphatic heterocycles. The van der Waals surface area contributed by atoms with Gasteiger partial charge in [0.1, 0.15) is 5.82 Å². The van der Waals surface area contributed by atoms with Crippen molar-refractivity contribution in [1.29, 1.82) is 0 Å². The standard InChI is InChI=1S/C19H26N6O/c1-3-21-18(26)24-9-6-19(7-10-24)17-22-14-16(15-5-4-8-20-13-15)25(17)12-11-23(19)2/h4-5,8,13-14H,3,6-7,9-12H2,1-2H3,(H,21,26). The van der Waals surface area contributed by atoms with Crippen molar-refractivity contribution in [2.24, 2.45) is 0 Å². The lowest BCUT2D eigenvalue weighted by Gasteiger charge is -2.49. The number of urea groups is 1. The van der Waals surface area contributed by atoms with Crippen LogP contribution in [0.1, 0.15) is 25.6 Å². The molecule has 1 N–H and O–H groups in total. The molecule has 0 aliphatic carbocycles. The smallest absolute Gasteiger partial charge is 0.317 e. The Kier molecular flexibility index (Phi) is 4.40. The molecule has 26 heavy (non-hydrogen) atoms. The number of amides is 2. The van der Waals surface area contributed by atoms with Crippen molar-refractivity contribution in [3.05, 3.63) is 36.5 Å². The zero-order chi connectivity index (χ0) is 18.1. The topological polar surface area (TPSA) is 66.3 Å². The summed E-state index contributed by atoms with van der Waals surface area (Å²) in [7, 11) is 2.18. The van der Waals surface area contributed by atoms with E-state index >= 15 is 0 Å². The van der Waals surface area contributed by atoms with Gasteiger partial charge in [0.2, 0.25) is 0 Å². The molecule has 0 atom stereocenters. The maximum atomic E-state index is 12.2. The Bertz CT molecular complexity index is 779. The first-order valence-corrected chi connectivity index (χ1v) is 9.36. The van der Waals surface area contributed by atoms with E-state index in [0.717, 1.165) is 56.1 Å². The second-order valence-corrected chi connectivity index (χ2v) is 7.14. The van der Waals surface area contributed by atoms with Gasteiger partial charge in [-0.2, -0.15) is 0 Å². The molecule has 2 aromatic rings. The minimum absolute atomic E-state index is 0.0419. The molecular weight excluding hydrogens is 328 g/mol. The number of hydrogen-bond donors (Lipinski definition) is 1. The van der Waals surface area contributed by atoms with Crippen molar-refractivity contribution < 1.29 is 4.79 Å². The third-order valence-electron chi connectivity index (χ3n) is 5.82. The van der Waals surface area contributed by atoms with Crippen molar-refractivity contribution in [1.82, 2.24) is 29.7 Å². The van der Waals surface area contributed by atoms with E-state index in [1.807, 2.05) is 30.3 Å². The van der Waals surface area contributed by atoms with Gasteiger partial charge < -0.3 is 14.8 Å². The highest BCUT2D eigenvalue weighted by Gasteiger charge is 2.46. The number of rotatable bonds is 2. The normalized spacial score (nSPS) is 19.4. The molecule has 2 aromatic heterocycles. The van der Waals surface area contributed by atoms with Gasteiger partial charge in [-0.1, -0.05) is 0 Å². The summed E-state index contributed by atoms with van der Waals surface area (Å²) in [6, 6.07) is 4.09. The lowest BCUT2D eigenvalue weighted by molar-refractivity contribution is 0.0187. The fraction of sp³-hybridized carbons (Fsp3) is 0.526. The molecule has 2 aliphatic rings. The minimum atomic E-state index is -0.0955. The molecule has 0 saturated carbocycles. The van der Waals surface area contributed by atoms with Crippen molar-refractivity contribution in [3.8, 4) is 11.3 Å². The Labute approximate surface area is 154 Å². The predicted octanol–water partition coefficient (Wildman–Crippen LogP) is 1.91. The van der Waals surface area contributed by atoms with Crippen LogP contribution < -0.4 is 5.32 Å². The highest BCUT2D eigenvalue weighted by atomic mass is 16.2. The third-order valence-corrected chi connectivity index (χ3v) is 5.82. The Morgan fingerprint density at radius 3 is 2.73 bits per heavy atom. The number of fused-ring (bicyclic) bond motifs is 2. The van der Waals surface area contributed by atoms with Crippen molar-refractivity contribution in [2.45, 2.75) is 31.8 Å². The van der Waals surface area contributed by atoms with Gasteiger partial charge in [-0.25, -0.2) is 9.78 Å². The summed E-state index contributed by atoms with van der Waals surface area (Å²) in [5.41, 5.74) is 2.14. The van der Waals surface area contributed by atoms with Gasteiger partial charge >= 0.3 is 6.03 Å². The van der Waals surface area contributed by atoms with Crippen LogP contribution in [0.25, 0.3) is 11.3 Å². The molecule has 7 nitrogen and oxygen atoms in total. The molecule has 0 aromatic carbocycles. The number of likely N-dealkylation sites (tertiary alicyclic amines) is 1. The zero-order valence-electron chi connectivity index (χ0n) is 15.5. The number of piperidine rings is 1. The van der Waals surface area contributed by atoms with E-state index in [1.54, 1.807) is 6.20 Å². The van der Waals surface area contributed by atoms with Crippen molar-refractivity contribution in [2.75, 3.05) is 33.2 Å². The van der Waals surface area contributed by atoms with Gasteiger partial charge in [0.25, 0.3) is 0 Å². The largest absolute Gasteiger partial charge is 0.338 e. The average Bonchev–Trinajstić information content (AvgIpc) is 3.11. The van der Waals surface area contributed by atoms with Crippen LogP contribution in [0.4, 0.5) is 4.79 Å². The van der Waals surface area contributed by atoms with Crippen LogP contribution in [0, 0.1) is 0 Å². The molecule has 1 saturated heterocycles. The Morgan fingerprint density at radius 2 is 2.04 bits per heavy atom. The average molecular weight is 354 g/mol. The molecule has 0 radical (unpaired) electrons. The van der Waals surface area contributed by atoms with E-state index in [2.05, 4.69) is 32.9 Å². The van der Waals surface area contributed by atoms with E-state index < -0.39 is 0 Å². The van der Waals surface area contributed by atoms with E-state index in [1.165, 1.54) is 0 Å². The van der Waals surface area contributed by atoms with Crippen LogP contribution in [0.3, 0.4) is 0 Å². The summed E-state index contributed by atoms with van der Waals surface area (Å²) in [6.07, 6.45) is 7.48. The van der Waals surface area contributed by atoms with Crippen LogP contribution in [0.5, 0.6) is 0 Å². The molecule has 7 heteroatoms. The summed E-state index contributed by atoms with van der Waals surface area (Å²) >= 11 is 0. The third kappa shape index (κ3) is 2.67. The molecule has 1 fully saturated rings. The van der Waals surface area contributed by atoms with Gasteiger partial charge in [-0.05, 0) is 38.9 Å². The Hall–Kier alpha value is -2.41. The number of likely N-dealkylation sites (N-methyl/N-ethyl adjacent to an activating group) is 1. The van der Waals surface area contributed by atoms with E-state index in [4.69, 9.17) is 4.98 Å². The highest BCUT2D eigenvalue weighted by Crippen LogP contribution is 2.41. The predicted molar refractivity (Wildman–Crippen MR) is 99.6 cm³/mol. The summed E-state index contributed by atoms with van der Waals surface area (Å²) < 4.78 is 2.35. The summed E-state index contributed by atoms with van der Waals surface area (Å²) in [5, 5.41) is 2.91. The SMILES string of the molecule is CCNC(=O)N1CCC2(CC1)c1ncc(-c3cccnc3)n1CCN2C. The zero-order valence-corrected chi connectivity index (χ0v) is 15.5. The van der Waals surface area contributed by atoms with Crippen LogP contribution in [0.2, 0.25) is 0 Å². The second kappa shape index (κ2) is 6.72. The fourth-order valence-electron chi connectivity index (χ4n) is 4.30. The first kappa shape index (κ1) is 17.0. The number of nitrogens with one attached hydrogen (secondary N) is 1. The number of carbonyl (C=O) groups excluding carboxylic acids is 1. The van der Waals surface area contributed by atoms with Crippen LogP contribution in [0.15, 0.2) is 30.7 Å². The number of imidazole rings is 1. The maximum Gasteiger partial charge on any atom is 0.317 e. The Morgan fingerprint density at radius 1 is 1.23 bits per heavy atom. The number of pyridine rings is 1. The molecular formula is C19H26N6O. The molecule has 4 heterocycles. The van der Waals surface area contributed by atoms with Crippen molar-refractivity contribution in [3.63, 3.8) is 0 Å². The lowest BCUT2D eigenvalue weighted by atomic mass is 9.83. The first-order valence-electron chi connectivity index (χ1n) is 9.36. The van der Waals surface area contributed by atoms with E-state index in [9.17, 15) is 4.79 Å². The highest BCUT2D eigenvalue weighted by molar-refractivity contribution is 5.74. The van der Waals surface area contributed by atoms with Crippen molar-refractivity contribution >= 4 is 6.03 Å². The van der Waals surface area contributed by atoms with Gasteiger partial charge in [-0.15, -0.1) is 0 Å². The van der Waals surface area contributed by atoms with E-state index in [-0.39, 0.29) is 11.6 Å². The summed E-state index contributed by atoms with van der Waals surface area (Å²) in [6.45, 7) is 6.04. The molecule has 0 unspecified atom stereocenters. The van der Waals surface area contributed by atoms with Crippen LogP contribution >= 0.6 is 0 Å². The minimum Gasteiger partial charge on any atom is -0.338 e. The van der Waals surface area contributed by atoms with Gasteiger partial charge in [0.15, 0.2) is 0 Å². The number of nitrogens with zero attached hydrogens (tertiary/aromatic N) is 5. The molecule has 2 amide bonds. The van der Waals surface area contributed by atoms with E-state index in [0.29, 0.717) is 6.54 Å². The second-order valence-electron chi connectivity index (χ2n) is 7.14. The number of carbonyl (C=O) groups is 1. The summed E-state index contributed by atoms with van der Waals surface area (Å²) in [4.78, 5) is 25.6. The van der Waals surface area contributed by atoms with Crippen LogP contribution in [-0.2, 0) is 12.1 Å². The summed E-state index contributed by atoms with van der Waals surface area (Å²) in [5.74, 6) is 1.13. The Balaban J connectivity index is 1.64. The quantitative estimate of drug-likeness (QED) is 0.895. The molecule has 138 valence electrons. The molecule has 4 rings (SSSR count). The fourth-order valence-corrected chi connectivity index (χ4v) is 4.30. The van der Waals surface area contributed by atoms with Gasteiger partial charge in [-0.3, -0.25) is 9.88 Å². The molecule has 0 bridgehead atoms.